The van der Waals surface area contributed by atoms with Crippen molar-refractivity contribution in [3.63, 3.8) is 0 Å². The number of thiophene rings is 1. The summed E-state index contributed by atoms with van der Waals surface area (Å²) in [4.78, 5) is 23.1. The lowest BCUT2D eigenvalue weighted by atomic mass is 10.1. The van der Waals surface area contributed by atoms with E-state index in [0.717, 1.165) is 17.8 Å². The highest BCUT2D eigenvalue weighted by Gasteiger charge is 2.21. The first-order chi connectivity index (χ1) is 9.47. The quantitative estimate of drug-likeness (QED) is 0.772. The van der Waals surface area contributed by atoms with Gasteiger partial charge in [0, 0.05) is 0 Å². The van der Waals surface area contributed by atoms with Gasteiger partial charge in [-0.05, 0) is 18.6 Å². The zero-order valence-corrected chi connectivity index (χ0v) is 11.8. The normalized spacial score (nSPS) is 10.7. The Hall–Kier alpha value is -2.28. The minimum Gasteiger partial charge on any atom is -0.493 e. The summed E-state index contributed by atoms with van der Waals surface area (Å²) in [6.45, 7) is 2.48. The van der Waals surface area contributed by atoms with Crippen LogP contribution in [0.3, 0.4) is 0 Å². The molecule has 6 N–H and O–H groups in total. The van der Waals surface area contributed by atoms with Gasteiger partial charge in [-0.3, -0.25) is 9.59 Å². The van der Waals surface area contributed by atoms with E-state index >= 15 is 0 Å². The van der Waals surface area contributed by atoms with Crippen LogP contribution < -0.4 is 21.9 Å². The van der Waals surface area contributed by atoms with Gasteiger partial charge in [0.15, 0.2) is 0 Å². The molecule has 0 saturated heterocycles. The molecular formula is C13H15N3O3S. The van der Waals surface area contributed by atoms with Crippen LogP contribution in [0.5, 0.6) is 5.75 Å². The average Bonchev–Trinajstić information content (AvgIpc) is 2.74. The predicted molar refractivity (Wildman–Crippen MR) is 79.1 cm³/mol. The molecule has 2 amide bonds. The molecule has 0 aliphatic carbocycles. The van der Waals surface area contributed by atoms with Crippen molar-refractivity contribution in [3.8, 4) is 5.75 Å². The van der Waals surface area contributed by atoms with Gasteiger partial charge < -0.3 is 21.9 Å². The standard InChI is InChI=1S/C13H15N3O3S/c1-2-5-19-7-4-3-6(12(15)17)10-8(7)9(14)11(20-10)13(16)18/h3-4H,2,5,14H2,1H3,(H2,15,17)(H2,16,18). The molecule has 1 aromatic carbocycles. The van der Waals surface area contributed by atoms with E-state index in [-0.39, 0.29) is 10.6 Å². The smallest absolute Gasteiger partial charge is 0.260 e. The molecule has 0 bridgehead atoms. The molecule has 1 aromatic heterocycles. The number of anilines is 1. The lowest BCUT2D eigenvalue weighted by Gasteiger charge is -2.08. The molecule has 0 aliphatic rings. The monoisotopic (exact) mass is 293 g/mol. The van der Waals surface area contributed by atoms with E-state index < -0.39 is 11.8 Å². The van der Waals surface area contributed by atoms with E-state index in [1.807, 2.05) is 6.92 Å². The summed E-state index contributed by atoms with van der Waals surface area (Å²) in [6.07, 6.45) is 0.825. The van der Waals surface area contributed by atoms with Gasteiger partial charge in [-0.15, -0.1) is 11.3 Å². The minimum absolute atomic E-state index is 0.204. The second kappa shape index (κ2) is 5.38. The number of rotatable bonds is 5. The largest absolute Gasteiger partial charge is 0.493 e. The summed E-state index contributed by atoms with van der Waals surface area (Å²) in [6, 6.07) is 3.20. The van der Waals surface area contributed by atoms with Gasteiger partial charge in [0.2, 0.25) is 5.91 Å². The summed E-state index contributed by atoms with van der Waals surface area (Å²) in [5.74, 6) is -0.706. The van der Waals surface area contributed by atoms with Gasteiger partial charge in [0.05, 0.1) is 27.9 Å². The van der Waals surface area contributed by atoms with E-state index in [2.05, 4.69) is 0 Å². The number of amides is 2. The predicted octanol–water partition coefficient (Wildman–Crippen LogP) is 1.47. The second-order valence-corrected chi connectivity index (χ2v) is 5.26. The zero-order valence-electron chi connectivity index (χ0n) is 10.9. The lowest BCUT2D eigenvalue weighted by molar-refractivity contribution is 0.0994. The summed E-state index contributed by atoms with van der Waals surface area (Å²) < 4.78 is 6.12. The molecular weight excluding hydrogens is 278 g/mol. The molecule has 0 aliphatic heterocycles. The highest BCUT2D eigenvalue weighted by Crippen LogP contribution is 2.41. The third-order valence-electron chi connectivity index (χ3n) is 2.79. The van der Waals surface area contributed by atoms with Crippen LogP contribution in [-0.4, -0.2) is 18.4 Å². The summed E-state index contributed by atoms with van der Waals surface area (Å²) in [5.41, 5.74) is 17.1. The first kappa shape index (κ1) is 14.1. The van der Waals surface area contributed by atoms with Crippen molar-refractivity contribution in [3.05, 3.63) is 22.6 Å². The molecule has 6 nitrogen and oxygen atoms in total. The molecule has 2 rings (SSSR count). The van der Waals surface area contributed by atoms with E-state index in [4.69, 9.17) is 21.9 Å². The highest BCUT2D eigenvalue weighted by atomic mass is 32.1. The fraction of sp³-hybridized carbons (Fsp3) is 0.231. The Labute approximate surface area is 119 Å². The first-order valence-corrected chi connectivity index (χ1v) is 6.86. The van der Waals surface area contributed by atoms with Crippen LogP contribution in [0, 0.1) is 0 Å². The topological polar surface area (TPSA) is 121 Å². The first-order valence-electron chi connectivity index (χ1n) is 6.04. The van der Waals surface area contributed by atoms with Crippen LogP contribution in [0.1, 0.15) is 33.4 Å². The van der Waals surface area contributed by atoms with Crippen molar-refractivity contribution in [2.75, 3.05) is 12.3 Å². The van der Waals surface area contributed by atoms with E-state index in [9.17, 15) is 9.59 Å². The van der Waals surface area contributed by atoms with Gasteiger partial charge in [-0.1, -0.05) is 6.92 Å². The zero-order chi connectivity index (χ0) is 14.9. The number of benzene rings is 1. The van der Waals surface area contributed by atoms with Crippen molar-refractivity contribution in [2.24, 2.45) is 11.5 Å². The van der Waals surface area contributed by atoms with Gasteiger partial charge >= 0.3 is 0 Å². The Bertz CT molecular complexity index is 694. The highest BCUT2D eigenvalue weighted by molar-refractivity contribution is 7.22. The van der Waals surface area contributed by atoms with E-state index in [1.165, 1.54) is 0 Å². The second-order valence-electron chi connectivity index (χ2n) is 4.24. The number of hydrogen-bond acceptors (Lipinski definition) is 5. The molecule has 0 unspecified atom stereocenters. The van der Waals surface area contributed by atoms with Gasteiger partial charge in [0.25, 0.3) is 5.91 Å². The third-order valence-corrected chi connectivity index (χ3v) is 4.04. The van der Waals surface area contributed by atoms with Crippen LogP contribution >= 0.6 is 11.3 Å². The number of carbonyl (C=O) groups is 2. The molecule has 7 heteroatoms. The number of nitrogens with two attached hydrogens (primary N) is 3. The Morgan fingerprint density at radius 3 is 2.50 bits per heavy atom. The Morgan fingerprint density at radius 2 is 1.95 bits per heavy atom. The Kier molecular flexibility index (Phi) is 3.80. The fourth-order valence-corrected chi connectivity index (χ4v) is 3.01. The Morgan fingerprint density at radius 1 is 1.25 bits per heavy atom. The Balaban J connectivity index is 2.75. The third kappa shape index (κ3) is 2.27. The SMILES string of the molecule is CCCOc1ccc(C(N)=O)c2sc(C(N)=O)c(N)c12. The number of nitrogen functional groups attached to an aromatic ring is 1. The van der Waals surface area contributed by atoms with Crippen LogP contribution in [0.15, 0.2) is 12.1 Å². The van der Waals surface area contributed by atoms with Crippen molar-refractivity contribution in [2.45, 2.75) is 13.3 Å². The maximum Gasteiger partial charge on any atom is 0.260 e. The van der Waals surface area contributed by atoms with Crippen molar-refractivity contribution >= 4 is 38.9 Å². The van der Waals surface area contributed by atoms with Crippen molar-refractivity contribution in [1.82, 2.24) is 0 Å². The van der Waals surface area contributed by atoms with Crippen LogP contribution in [0.4, 0.5) is 5.69 Å². The van der Waals surface area contributed by atoms with Gasteiger partial charge in [-0.25, -0.2) is 0 Å². The summed E-state index contributed by atoms with van der Waals surface area (Å²) in [5, 5.41) is 0.522. The maximum absolute atomic E-state index is 11.5. The molecule has 0 spiro atoms. The number of hydrogen-bond donors (Lipinski definition) is 3. The molecule has 2 aromatic rings. The van der Waals surface area contributed by atoms with Gasteiger partial charge in [-0.2, -0.15) is 0 Å². The molecule has 20 heavy (non-hydrogen) atoms. The number of ether oxygens (including phenoxy) is 1. The summed E-state index contributed by atoms with van der Waals surface area (Å²) in [7, 11) is 0. The van der Waals surface area contributed by atoms with Gasteiger partial charge in [0.1, 0.15) is 10.6 Å². The van der Waals surface area contributed by atoms with Crippen LogP contribution in [0.25, 0.3) is 10.1 Å². The van der Waals surface area contributed by atoms with Crippen LogP contribution in [0.2, 0.25) is 0 Å². The number of carbonyl (C=O) groups excluding carboxylic acids is 2. The molecule has 106 valence electrons. The number of fused-ring (bicyclic) bond motifs is 1. The molecule has 0 fully saturated rings. The lowest BCUT2D eigenvalue weighted by Crippen LogP contribution is -2.11. The van der Waals surface area contributed by atoms with E-state index in [0.29, 0.717) is 28.0 Å². The minimum atomic E-state index is -0.638. The molecule has 0 atom stereocenters. The number of primary amides is 2. The molecule has 0 saturated carbocycles. The van der Waals surface area contributed by atoms with E-state index in [1.54, 1.807) is 12.1 Å². The van der Waals surface area contributed by atoms with Crippen molar-refractivity contribution < 1.29 is 14.3 Å². The molecule has 0 radical (unpaired) electrons. The maximum atomic E-state index is 11.5. The fourth-order valence-electron chi connectivity index (χ4n) is 1.91. The molecule has 1 heterocycles. The van der Waals surface area contributed by atoms with Crippen molar-refractivity contribution in [1.29, 1.82) is 0 Å². The average molecular weight is 293 g/mol. The van der Waals surface area contributed by atoms with Crippen LogP contribution in [-0.2, 0) is 0 Å². The summed E-state index contributed by atoms with van der Waals surface area (Å²) >= 11 is 1.05.